The van der Waals surface area contributed by atoms with E-state index in [1.54, 1.807) is 12.1 Å². The van der Waals surface area contributed by atoms with Crippen LogP contribution in [-0.4, -0.2) is 39.4 Å². The molecule has 1 fully saturated rings. The van der Waals surface area contributed by atoms with Gasteiger partial charge in [0.15, 0.2) is 0 Å². The molecule has 0 atom stereocenters. The van der Waals surface area contributed by atoms with Crippen molar-refractivity contribution in [1.29, 1.82) is 0 Å². The van der Waals surface area contributed by atoms with Crippen molar-refractivity contribution in [1.82, 2.24) is 4.90 Å². The fourth-order valence-corrected chi connectivity index (χ4v) is 3.56. The molecule has 0 radical (unpaired) electrons. The Kier molecular flexibility index (Phi) is 6.15. The van der Waals surface area contributed by atoms with E-state index in [2.05, 4.69) is 5.32 Å². The third-order valence-corrected chi connectivity index (χ3v) is 5.10. The summed E-state index contributed by atoms with van der Waals surface area (Å²) in [6, 6.07) is 5.85. The van der Waals surface area contributed by atoms with E-state index in [1.807, 2.05) is 11.9 Å². The molecular formula is C16H25N3O3S. The van der Waals surface area contributed by atoms with Gasteiger partial charge in [-0.2, -0.15) is 0 Å². The van der Waals surface area contributed by atoms with E-state index in [9.17, 15) is 13.2 Å². The van der Waals surface area contributed by atoms with Crippen LogP contribution in [0, 0.1) is 5.92 Å². The highest BCUT2D eigenvalue weighted by atomic mass is 32.2. The second-order valence-corrected chi connectivity index (χ2v) is 7.88. The number of anilines is 1. The monoisotopic (exact) mass is 339 g/mol. The number of nitrogens with two attached hydrogens (primary N) is 1. The Bertz CT molecular complexity index is 622. The van der Waals surface area contributed by atoms with Crippen molar-refractivity contribution in [3.05, 3.63) is 24.3 Å². The number of nitrogens with one attached hydrogen (secondary N) is 1. The Morgan fingerprint density at radius 2 is 1.83 bits per heavy atom. The smallest absolute Gasteiger partial charge is 0.238 e. The lowest BCUT2D eigenvalue weighted by Crippen LogP contribution is -2.34. The van der Waals surface area contributed by atoms with Crippen LogP contribution in [0.5, 0.6) is 0 Å². The van der Waals surface area contributed by atoms with Gasteiger partial charge in [0.2, 0.25) is 15.9 Å². The second-order valence-electron chi connectivity index (χ2n) is 6.32. The van der Waals surface area contributed by atoms with E-state index >= 15 is 0 Å². The summed E-state index contributed by atoms with van der Waals surface area (Å²) >= 11 is 0. The van der Waals surface area contributed by atoms with E-state index < -0.39 is 10.0 Å². The quantitative estimate of drug-likeness (QED) is 0.826. The van der Waals surface area contributed by atoms with Gasteiger partial charge in [0.25, 0.3) is 0 Å². The molecule has 1 saturated carbocycles. The third kappa shape index (κ3) is 5.93. The predicted molar refractivity (Wildman–Crippen MR) is 90.5 cm³/mol. The van der Waals surface area contributed by atoms with Crippen LogP contribution in [0.1, 0.15) is 32.1 Å². The molecule has 2 rings (SSSR count). The molecule has 1 aliphatic rings. The van der Waals surface area contributed by atoms with Crippen LogP contribution in [0.3, 0.4) is 0 Å². The predicted octanol–water partition coefficient (Wildman–Crippen LogP) is 1.78. The number of nitrogens with zero attached hydrogens (tertiary/aromatic N) is 1. The van der Waals surface area contributed by atoms with Crippen LogP contribution in [-0.2, 0) is 14.8 Å². The van der Waals surface area contributed by atoms with Gasteiger partial charge in [-0.05, 0) is 50.1 Å². The number of primary sulfonamides is 1. The molecule has 0 spiro atoms. The molecule has 0 aromatic heterocycles. The Labute approximate surface area is 138 Å². The van der Waals surface area contributed by atoms with Crippen LogP contribution in [0.4, 0.5) is 5.69 Å². The van der Waals surface area contributed by atoms with Gasteiger partial charge in [-0.15, -0.1) is 0 Å². The van der Waals surface area contributed by atoms with Gasteiger partial charge in [-0.1, -0.05) is 19.3 Å². The molecule has 0 heterocycles. The molecule has 128 valence electrons. The summed E-state index contributed by atoms with van der Waals surface area (Å²) in [5.74, 6) is 0.585. The SMILES string of the molecule is CN(CC(=O)Nc1ccc(S(N)(=O)=O)cc1)CC1CCCCC1. The molecule has 1 amide bonds. The van der Waals surface area contributed by atoms with Crippen molar-refractivity contribution in [2.45, 2.75) is 37.0 Å². The highest BCUT2D eigenvalue weighted by Gasteiger charge is 2.17. The van der Waals surface area contributed by atoms with E-state index in [-0.39, 0.29) is 10.8 Å². The average molecular weight is 339 g/mol. The largest absolute Gasteiger partial charge is 0.325 e. The van der Waals surface area contributed by atoms with E-state index in [1.165, 1.54) is 44.2 Å². The molecular weight excluding hydrogens is 314 g/mol. The topological polar surface area (TPSA) is 92.5 Å². The van der Waals surface area contributed by atoms with Gasteiger partial charge in [-0.25, -0.2) is 13.6 Å². The minimum absolute atomic E-state index is 0.0323. The van der Waals surface area contributed by atoms with Gasteiger partial charge < -0.3 is 5.32 Å². The van der Waals surface area contributed by atoms with Gasteiger partial charge in [0.05, 0.1) is 11.4 Å². The van der Waals surface area contributed by atoms with Crippen molar-refractivity contribution in [3.8, 4) is 0 Å². The maximum atomic E-state index is 12.1. The minimum atomic E-state index is -3.70. The first-order valence-electron chi connectivity index (χ1n) is 7.96. The first kappa shape index (κ1) is 17.9. The summed E-state index contributed by atoms with van der Waals surface area (Å²) in [5, 5.41) is 7.81. The summed E-state index contributed by atoms with van der Waals surface area (Å²) in [6.07, 6.45) is 6.42. The highest BCUT2D eigenvalue weighted by molar-refractivity contribution is 7.89. The molecule has 3 N–H and O–H groups in total. The first-order chi connectivity index (χ1) is 10.8. The fraction of sp³-hybridized carbons (Fsp3) is 0.562. The lowest BCUT2D eigenvalue weighted by molar-refractivity contribution is -0.117. The molecule has 7 heteroatoms. The molecule has 0 unspecified atom stereocenters. The summed E-state index contributed by atoms with van der Waals surface area (Å²) in [6.45, 7) is 1.27. The Morgan fingerprint density at radius 3 is 2.39 bits per heavy atom. The average Bonchev–Trinajstić information content (AvgIpc) is 2.47. The van der Waals surface area contributed by atoms with Crippen LogP contribution in [0.15, 0.2) is 29.2 Å². The van der Waals surface area contributed by atoms with Gasteiger partial charge in [0, 0.05) is 12.2 Å². The van der Waals surface area contributed by atoms with Gasteiger partial charge >= 0.3 is 0 Å². The van der Waals surface area contributed by atoms with Crippen LogP contribution in [0.25, 0.3) is 0 Å². The van der Waals surface area contributed by atoms with Crippen molar-refractivity contribution in [3.63, 3.8) is 0 Å². The maximum Gasteiger partial charge on any atom is 0.238 e. The summed E-state index contributed by atoms with van der Waals surface area (Å²) in [7, 11) is -1.75. The Balaban J connectivity index is 1.81. The zero-order valence-corrected chi connectivity index (χ0v) is 14.3. The van der Waals surface area contributed by atoms with Crippen molar-refractivity contribution >= 4 is 21.6 Å². The molecule has 0 bridgehead atoms. The number of amides is 1. The fourth-order valence-electron chi connectivity index (χ4n) is 3.05. The van der Waals surface area contributed by atoms with Crippen LogP contribution in [0.2, 0.25) is 0 Å². The van der Waals surface area contributed by atoms with Gasteiger partial charge in [0.1, 0.15) is 0 Å². The minimum Gasteiger partial charge on any atom is -0.325 e. The van der Waals surface area contributed by atoms with Crippen LogP contribution < -0.4 is 10.5 Å². The number of hydrogen-bond donors (Lipinski definition) is 2. The number of likely N-dealkylation sites (N-methyl/N-ethyl adjacent to an activating group) is 1. The Morgan fingerprint density at radius 1 is 1.22 bits per heavy atom. The number of sulfonamides is 1. The summed E-state index contributed by atoms with van der Waals surface area (Å²) < 4.78 is 22.4. The standard InChI is InChI=1S/C16H25N3O3S/c1-19(11-13-5-3-2-4-6-13)12-16(20)18-14-7-9-15(10-8-14)23(17,21)22/h7-10,13H,2-6,11-12H2,1H3,(H,18,20)(H2,17,21,22). The maximum absolute atomic E-state index is 12.1. The first-order valence-corrected chi connectivity index (χ1v) is 9.50. The zero-order valence-electron chi connectivity index (χ0n) is 13.5. The normalized spacial score (nSPS) is 16.5. The number of rotatable bonds is 6. The molecule has 23 heavy (non-hydrogen) atoms. The number of benzene rings is 1. The highest BCUT2D eigenvalue weighted by Crippen LogP contribution is 2.24. The van der Waals surface area contributed by atoms with E-state index in [0.29, 0.717) is 18.2 Å². The molecule has 1 aliphatic carbocycles. The van der Waals surface area contributed by atoms with Crippen molar-refractivity contribution in [2.75, 3.05) is 25.5 Å². The lowest BCUT2D eigenvalue weighted by atomic mass is 9.89. The molecule has 0 saturated heterocycles. The third-order valence-electron chi connectivity index (χ3n) is 4.17. The van der Waals surface area contributed by atoms with Gasteiger partial charge in [-0.3, -0.25) is 9.69 Å². The van der Waals surface area contributed by atoms with E-state index in [4.69, 9.17) is 5.14 Å². The second kappa shape index (κ2) is 7.90. The molecule has 1 aromatic carbocycles. The van der Waals surface area contributed by atoms with Crippen molar-refractivity contribution < 1.29 is 13.2 Å². The number of hydrogen-bond acceptors (Lipinski definition) is 4. The summed E-state index contributed by atoms with van der Waals surface area (Å²) in [5.41, 5.74) is 0.563. The Hall–Kier alpha value is -1.44. The number of carbonyl (C=O) groups excluding carboxylic acids is 1. The van der Waals surface area contributed by atoms with Crippen molar-refractivity contribution in [2.24, 2.45) is 11.1 Å². The van der Waals surface area contributed by atoms with Crippen LogP contribution >= 0.6 is 0 Å². The zero-order chi connectivity index (χ0) is 16.9. The lowest BCUT2D eigenvalue weighted by Gasteiger charge is -2.26. The number of carbonyl (C=O) groups is 1. The molecule has 6 nitrogen and oxygen atoms in total. The molecule has 1 aromatic rings. The molecule has 0 aliphatic heterocycles. The van der Waals surface area contributed by atoms with E-state index in [0.717, 1.165) is 6.54 Å². The summed E-state index contributed by atoms with van der Waals surface area (Å²) in [4.78, 5) is 14.1.